The fraction of sp³-hybridized carbons (Fsp3) is 0.692. The molecule has 2 unspecified atom stereocenters. The number of hydrogen-bond donors (Lipinski definition) is 0. The van der Waals surface area contributed by atoms with Crippen LogP contribution in [0.2, 0.25) is 0 Å². The first-order valence-corrected chi connectivity index (χ1v) is 22.9. The summed E-state index contributed by atoms with van der Waals surface area (Å²) in [5.41, 5.74) is -3.06. The Morgan fingerprint density at radius 1 is 0.674 bits per heavy atom. The maximum atomic E-state index is 11.6. The van der Waals surface area contributed by atoms with Crippen molar-refractivity contribution in [3.8, 4) is 24.3 Å². The molecule has 0 aliphatic heterocycles. The largest absolute Gasteiger partial charge is 0.465 e. The van der Waals surface area contributed by atoms with E-state index in [1.54, 1.807) is 27.7 Å². The van der Waals surface area contributed by atoms with Crippen LogP contribution in [0.25, 0.3) is 0 Å². The minimum Gasteiger partial charge on any atom is -0.465 e. The maximum absolute atomic E-state index is 11.6. The highest BCUT2D eigenvalue weighted by Gasteiger charge is 2.30. The number of hydrogen-bond acceptors (Lipinski definition) is 12. The molecule has 2 atom stereocenters. The summed E-state index contributed by atoms with van der Waals surface area (Å²) in [6.07, 6.45) is 1.36. The van der Waals surface area contributed by atoms with Gasteiger partial charge in [-0.1, -0.05) is 26.6 Å². The number of nitriles is 4. The minimum atomic E-state index is -3.02. The van der Waals surface area contributed by atoms with E-state index in [1.165, 1.54) is 25.6 Å². The van der Waals surface area contributed by atoms with Gasteiger partial charge < -0.3 is 9.47 Å². The first kappa shape index (κ1) is 50.9. The molecule has 12 nitrogen and oxygen atoms in total. The van der Waals surface area contributed by atoms with Crippen LogP contribution in [-0.4, -0.2) is 58.9 Å². The first-order chi connectivity index (χ1) is 19.9. The van der Waals surface area contributed by atoms with Crippen LogP contribution in [0.3, 0.4) is 0 Å². The molecule has 0 aromatic carbocycles. The highest BCUT2D eigenvalue weighted by atomic mass is 35.8. The van der Waals surface area contributed by atoms with Gasteiger partial charge in [-0.05, 0) is 54.4 Å². The topological polar surface area (TPSA) is 197 Å². The fourth-order valence-electron chi connectivity index (χ4n) is 2.09. The molecule has 0 aliphatic carbocycles. The number of ether oxygens (including phenoxy) is 2. The van der Waals surface area contributed by atoms with Crippen LogP contribution in [0.4, 0.5) is 0 Å². The van der Waals surface area contributed by atoms with Gasteiger partial charge in [0.2, 0.25) is 0 Å². The molecule has 0 saturated heterocycles. The second kappa shape index (κ2) is 22.6. The van der Waals surface area contributed by atoms with E-state index >= 15 is 0 Å². The Hall–Kier alpha value is -1.99. The maximum Gasteiger partial charge on any atom is 0.378 e. The second-order valence-electron chi connectivity index (χ2n) is 10.4. The average molecular weight is 798 g/mol. The third-order valence-corrected chi connectivity index (χ3v) is 7.95. The summed E-state index contributed by atoms with van der Waals surface area (Å²) in [4.78, 5) is 23.1. The quantitative estimate of drug-likeness (QED) is 0.0677. The van der Waals surface area contributed by atoms with Gasteiger partial charge in [0, 0.05) is 12.8 Å². The molecule has 0 radical (unpaired) electrons. The van der Waals surface area contributed by atoms with Crippen molar-refractivity contribution < 1.29 is 19.1 Å². The molecular formula is C26H40Cl6N8O4Si2. The third kappa shape index (κ3) is 28.3. The van der Waals surface area contributed by atoms with Crippen LogP contribution in [-0.2, 0) is 19.1 Å². The molecule has 0 saturated carbocycles. The highest BCUT2D eigenvalue weighted by Crippen LogP contribution is 2.24. The number of carbonyl (C=O) groups is 2. The van der Waals surface area contributed by atoms with Crippen LogP contribution in [0.5, 0.6) is 0 Å². The minimum absolute atomic E-state index is 0. The van der Waals surface area contributed by atoms with Crippen LogP contribution >= 0.6 is 66.5 Å². The van der Waals surface area contributed by atoms with Gasteiger partial charge in [-0.15, -0.1) is 66.5 Å². The molecule has 0 rings (SSSR count). The molecule has 0 spiro atoms. The molecule has 0 amide bonds. The molecule has 0 bridgehead atoms. The van der Waals surface area contributed by atoms with Gasteiger partial charge in [0.05, 0.1) is 24.3 Å². The van der Waals surface area contributed by atoms with Gasteiger partial charge in [-0.3, -0.25) is 9.59 Å². The number of halogens is 6. The zero-order valence-electron chi connectivity index (χ0n) is 24.9. The monoisotopic (exact) mass is 794 g/mol. The van der Waals surface area contributed by atoms with Crippen molar-refractivity contribution >= 4 is 90.4 Å². The Labute approximate surface area is 302 Å². The Morgan fingerprint density at radius 2 is 1.04 bits per heavy atom. The van der Waals surface area contributed by atoms with Crippen LogP contribution < -0.4 is 0 Å². The van der Waals surface area contributed by atoms with E-state index in [0.29, 0.717) is 0 Å². The van der Waals surface area contributed by atoms with Crippen molar-refractivity contribution in [3.63, 3.8) is 0 Å². The van der Waals surface area contributed by atoms with E-state index in [9.17, 15) is 14.9 Å². The molecule has 0 aliphatic rings. The lowest BCUT2D eigenvalue weighted by Gasteiger charge is -2.17. The predicted molar refractivity (Wildman–Crippen MR) is 187 cm³/mol. The Morgan fingerprint density at radius 3 is 1.35 bits per heavy atom. The van der Waals surface area contributed by atoms with Gasteiger partial charge in [-0.2, -0.15) is 41.5 Å². The van der Waals surface area contributed by atoms with E-state index in [-0.39, 0.29) is 53.4 Å². The van der Waals surface area contributed by atoms with Crippen molar-refractivity contribution in [3.05, 3.63) is 11.8 Å². The molecule has 20 heteroatoms. The summed E-state index contributed by atoms with van der Waals surface area (Å²) in [5, 5.41) is 51.4. The van der Waals surface area contributed by atoms with Gasteiger partial charge in [0.1, 0.15) is 12.8 Å². The van der Waals surface area contributed by atoms with Crippen molar-refractivity contribution in [1.82, 2.24) is 0 Å². The average Bonchev–Trinajstić information content (AvgIpc) is 2.93. The summed E-state index contributed by atoms with van der Waals surface area (Å²) in [6, 6.07) is 1.94. The van der Waals surface area contributed by atoms with Crippen LogP contribution in [0, 0.1) is 45.3 Å². The molecule has 0 aromatic heterocycles. The van der Waals surface area contributed by atoms with E-state index < -0.39 is 46.1 Å². The molecule has 0 N–H and O–H groups in total. The van der Waals surface area contributed by atoms with Gasteiger partial charge in [0.25, 0.3) is 0 Å². The van der Waals surface area contributed by atoms with Crippen LogP contribution in [0.15, 0.2) is 32.2 Å². The van der Waals surface area contributed by atoms with Gasteiger partial charge in [0.15, 0.2) is 22.2 Å². The Balaban J connectivity index is -0.000000369. The summed E-state index contributed by atoms with van der Waals surface area (Å²) in [7, 11) is 0. The zero-order valence-corrected chi connectivity index (χ0v) is 31.4. The van der Waals surface area contributed by atoms with E-state index in [0.717, 1.165) is 0 Å². The predicted octanol–water partition coefficient (Wildman–Crippen LogP) is 8.91. The van der Waals surface area contributed by atoms with Gasteiger partial charge in [-0.25, -0.2) is 0 Å². The summed E-state index contributed by atoms with van der Waals surface area (Å²) >= 11 is 33.7. The van der Waals surface area contributed by atoms with Crippen molar-refractivity contribution in [2.45, 2.75) is 104 Å². The van der Waals surface area contributed by atoms with E-state index in [1.807, 2.05) is 24.3 Å². The number of carbonyl (C=O) groups excluding carboxylic acids is 2. The van der Waals surface area contributed by atoms with Crippen molar-refractivity contribution in [2.24, 2.45) is 20.5 Å². The number of nitrogens with zero attached hydrogens (tertiary/aromatic N) is 8. The summed E-state index contributed by atoms with van der Waals surface area (Å²) in [6.45, 7) is 9.31. The molecule has 0 fully saturated rings. The Kier molecular flexibility index (Phi) is 24.9. The van der Waals surface area contributed by atoms with Crippen molar-refractivity contribution in [1.29, 1.82) is 21.0 Å². The second-order valence-corrected chi connectivity index (χ2v) is 28.0. The summed E-state index contributed by atoms with van der Waals surface area (Å²) < 4.78 is 9.74. The number of azo groups is 2. The number of esters is 2. The normalized spacial score (nSPS) is 14.4. The van der Waals surface area contributed by atoms with Crippen molar-refractivity contribution in [2.75, 3.05) is 12.8 Å². The molecule has 0 aromatic rings. The standard InChI is InChI=1S/C13H17Cl3N4O2Si.C11H15Cl3N4O2Si.2CH4/c1-12(2,9-17)19-20-13(3,10-18)6-5-11(21)22-7-4-8-23(14,15)16;1-10(2,6-15)17-18-11(3,7-16)5-4-9(19)20-8-21(12,13)14;;/h4,8H,5-7H2,1-3H3;4-5,8H2,1-3H3;2*1H4/b8-4+,20-19?;;;. The lowest BCUT2D eigenvalue weighted by molar-refractivity contribution is -0.143. The smallest absolute Gasteiger partial charge is 0.378 e. The molecular weight excluding hydrogens is 757 g/mol. The Bertz CT molecular complexity index is 1250. The molecule has 46 heavy (non-hydrogen) atoms. The molecule has 258 valence electrons. The summed E-state index contributed by atoms with van der Waals surface area (Å²) in [5.74, 6) is -1.08. The zero-order chi connectivity index (χ0) is 34.9. The molecule has 0 heterocycles. The van der Waals surface area contributed by atoms with Gasteiger partial charge >= 0.3 is 23.9 Å². The van der Waals surface area contributed by atoms with E-state index in [4.69, 9.17) is 91.7 Å². The number of rotatable bonds is 15. The first-order valence-electron chi connectivity index (χ1n) is 12.5. The third-order valence-electron chi connectivity index (χ3n) is 4.75. The lowest BCUT2D eigenvalue weighted by atomic mass is 9.99. The fourth-order valence-corrected chi connectivity index (χ4v) is 4.07. The van der Waals surface area contributed by atoms with Crippen LogP contribution in [0.1, 0.15) is 82.1 Å². The highest BCUT2D eigenvalue weighted by molar-refractivity contribution is 7.66. The van der Waals surface area contributed by atoms with E-state index in [2.05, 4.69) is 20.5 Å². The SMILES string of the molecule is C.C.CC(C)(C#N)N=NC(C)(C#N)CCC(=O)OC/C=C/[Si](Cl)(Cl)Cl.CC(C)(C#N)N=NC(C)(C#N)CCC(=O)OC[Si](Cl)(Cl)Cl. The lowest BCUT2D eigenvalue weighted by Crippen LogP contribution is -2.25.